The van der Waals surface area contributed by atoms with E-state index < -0.39 is 0 Å². The monoisotopic (exact) mass is 205 g/mol. The highest BCUT2D eigenvalue weighted by Crippen LogP contribution is 2.26. The van der Waals surface area contributed by atoms with Crippen molar-refractivity contribution in [3.63, 3.8) is 0 Å². The summed E-state index contributed by atoms with van der Waals surface area (Å²) in [5, 5.41) is 5.71. The molecule has 2 aliphatic heterocycles. The van der Waals surface area contributed by atoms with Crippen LogP contribution in [0.3, 0.4) is 0 Å². The molecule has 2 heterocycles. The molecule has 0 atom stereocenters. The summed E-state index contributed by atoms with van der Waals surface area (Å²) < 4.78 is 0. The van der Waals surface area contributed by atoms with Gasteiger partial charge in [-0.25, -0.2) is 5.43 Å². The number of hydrogen-bond acceptors (Lipinski definition) is 3. The molecule has 0 radical (unpaired) electrons. The van der Waals surface area contributed by atoms with Gasteiger partial charge in [0, 0.05) is 6.07 Å². The molecule has 80 valence electrons. The van der Waals surface area contributed by atoms with Crippen molar-refractivity contribution in [3.05, 3.63) is 24.3 Å². The van der Waals surface area contributed by atoms with Crippen LogP contribution in [0.15, 0.2) is 24.3 Å². The fraction of sp³-hybridized carbons (Fsp3) is 0.455. The molecule has 1 aromatic carbocycles. The third-order valence-corrected chi connectivity index (χ3v) is 3.23. The molecule has 0 aliphatic carbocycles. The summed E-state index contributed by atoms with van der Waals surface area (Å²) >= 11 is 0. The van der Waals surface area contributed by atoms with Gasteiger partial charge in [-0.3, -0.25) is 5.01 Å². The molecule has 4 N–H and O–H groups in total. The lowest BCUT2D eigenvalue weighted by atomic mass is 10.1. The van der Waals surface area contributed by atoms with Crippen LogP contribution in [0.4, 0.5) is 11.4 Å². The number of anilines is 1. The van der Waals surface area contributed by atoms with Crippen molar-refractivity contribution < 1.29 is 5.43 Å². The third kappa shape index (κ3) is 1.61. The van der Waals surface area contributed by atoms with Crippen molar-refractivity contribution in [2.75, 3.05) is 18.1 Å². The predicted octanol–water partition coefficient (Wildman–Crippen LogP) is -0.127. The lowest BCUT2D eigenvalue weighted by Gasteiger charge is -2.30. The number of para-hydroxylation sites is 2. The van der Waals surface area contributed by atoms with E-state index in [1.54, 1.807) is 0 Å². The van der Waals surface area contributed by atoms with Crippen LogP contribution in [-0.2, 0) is 0 Å². The van der Waals surface area contributed by atoms with Gasteiger partial charge < -0.3 is 5.32 Å². The van der Waals surface area contributed by atoms with E-state index in [4.69, 9.17) is 0 Å². The number of benzene rings is 1. The first kappa shape index (κ1) is 9.15. The Morgan fingerprint density at radius 2 is 2.00 bits per heavy atom. The normalized spacial score (nSPS) is 21.7. The molecule has 4 nitrogen and oxygen atoms in total. The van der Waals surface area contributed by atoms with Crippen molar-refractivity contribution in [3.8, 4) is 0 Å². The Hall–Kier alpha value is -1.10. The summed E-state index contributed by atoms with van der Waals surface area (Å²) in [7, 11) is 0. The summed E-state index contributed by atoms with van der Waals surface area (Å²) in [5.41, 5.74) is 8.09. The number of fused-ring (bicyclic) bond motifs is 1. The molecule has 3 rings (SSSR count). The lowest BCUT2D eigenvalue weighted by molar-refractivity contribution is -0.626. The summed E-state index contributed by atoms with van der Waals surface area (Å²) in [6.07, 6.45) is 2.43. The number of nitrogens with one attached hydrogen (secondary N) is 2. The molecular weight excluding hydrogens is 188 g/mol. The molecule has 0 bridgehead atoms. The van der Waals surface area contributed by atoms with E-state index in [1.165, 1.54) is 24.2 Å². The SMILES string of the molecule is c1ccc2c(c1)[NH2+]NN2C1CCNCC1. The number of quaternary nitrogens is 1. The van der Waals surface area contributed by atoms with Crippen LogP contribution in [0.2, 0.25) is 0 Å². The zero-order valence-electron chi connectivity index (χ0n) is 8.74. The largest absolute Gasteiger partial charge is 0.317 e. The highest BCUT2D eigenvalue weighted by Gasteiger charge is 2.29. The average Bonchev–Trinajstić information content (AvgIpc) is 2.74. The Kier molecular flexibility index (Phi) is 2.32. The number of nitrogens with zero attached hydrogens (tertiary/aromatic N) is 1. The van der Waals surface area contributed by atoms with Crippen LogP contribution < -0.4 is 21.3 Å². The molecule has 1 saturated heterocycles. The maximum absolute atomic E-state index is 3.40. The van der Waals surface area contributed by atoms with Crippen molar-refractivity contribution in [2.24, 2.45) is 0 Å². The topological polar surface area (TPSA) is 43.9 Å². The molecule has 1 aromatic rings. The lowest BCUT2D eigenvalue weighted by Crippen LogP contribution is -2.88. The van der Waals surface area contributed by atoms with E-state index in [2.05, 4.69) is 45.6 Å². The van der Waals surface area contributed by atoms with Crippen LogP contribution in [0, 0.1) is 0 Å². The molecule has 1 fully saturated rings. The van der Waals surface area contributed by atoms with Gasteiger partial charge in [0.1, 0.15) is 5.69 Å². The smallest absolute Gasteiger partial charge is 0.175 e. The fourth-order valence-corrected chi connectivity index (χ4v) is 2.40. The van der Waals surface area contributed by atoms with Gasteiger partial charge in [-0.15, -0.1) is 0 Å². The highest BCUT2D eigenvalue weighted by atomic mass is 15.7. The standard InChI is InChI=1S/C11H16N4/c1-2-4-11-10(3-1)13-14-15(11)9-5-7-12-8-6-9/h1-4,9,12-14H,5-8H2/p+1. The van der Waals surface area contributed by atoms with Gasteiger partial charge in [0.15, 0.2) is 5.69 Å². The fourth-order valence-electron chi connectivity index (χ4n) is 2.40. The average molecular weight is 205 g/mol. The molecular formula is C11H17N4+. The van der Waals surface area contributed by atoms with Gasteiger partial charge in [-0.1, -0.05) is 17.7 Å². The first-order valence-electron chi connectivity index (χ1n) is 5.63. The van der Waals surface area contributed by atoms with Crippen molar-refractivity contribution in [2.45, 2.75) is 18.9 Å². The first-order valence-corrected chi connectivity index (χ1v) is 5.63. The third-order valence-electron chi connectivity index (χ3n) is 3.23. The Balaban J connectivity index is 1.83. The van der Waals surface area contributed by atoms with Gasteiger partial charge in [-0.05, 0) is 32.0 Å². The summed E-state index contributed by atoms with van der Waals surface area (Å²) in [6, 6.07) is 9.17. The van der Waals surface area contributed by atoms with Gasteiger partial charge in [0.2, 0.25) is 0 Å². The van der Waals surface area contributed by atoms with Crippen LogP contribution in [-0.4, -0.2) is 19.1 Å². The van der Waals surface area contributed by atoms with Crippen molar-refractivity contribution >= 4 is 11.4 Å². The molecule has 4 heteroatoms. The second kappa shape index (κ2) is 3.81. The molecule has 2 aliphatic rings. The van der Waals surface area contributed by atoms with E-state index >= 15 is 0 Å². The molecule has 15 heavy (non-hydrogen) atoms. The maximum Gasteiger partial charge on any atom is 0.175 e. The van der Waals surface area contributed by atoms with Crippen LogP contribution >= 0.6 is 0 Å². The molecule has 0 spiro atoms. The molecule has 0 aromatic heterocycles. The summed E-state index contributed by atoms with van der Waals surface area (Å²) in [5.74, 6) is 0. The van der Waals surface area contributed by atoms with Gasteiger partial charge >= 0.3 is 0 Å². The zero-order chi connectivity index (χ0) is 10.1. The Bertz CT molecular complexity index is 346. The minimum Gasteiger partial charge on any atom is -0.317 e. The maximum atomic E-state index is 3.40. The second-order valence-corrected chi connectivity index (χ2v) is 4.18. The van der Waals surface area contributed by atoms with Gasteiger partial charge in [0.05, 0.1) is 6.04 Å². The summed E-state index contributed by atoms with van der Waals surface area (Å²) in [6.45, 7) is 2.26. The minimum absolute atomic E-state index is 0.631. The molecule has 0 unspecified atom stereocenters. The first-order chi connectivity index (χ1) is 7.45. The van der Waals surface area contributed by atoms with E-state index in [0.717, 1.165) is 13.1 Å². The zero-order valence-corrected chi connectivity index (χ0v) is 8.74. The van der Waals surface area contributed by atoms with E-state index in [1.807, 2.05) is 0 Å². The van der Waals surface area contributed by atoms with E-state index in [-0.39, 0.29) is 0 Å². The van der Waals surface area contributed by atoms with Crippen LogP contribution in [0.1, 0.15) is 12.8 Å². The molecule has 0 saturated carbocycles. The predicted molar refractivity (Wildman–Crippen MR) is 59.5 cm³/mol. The van der Waals surface area contributed by atoms with Crippen molar-refractivity contribution in [1.29, 1.82) is 0 Å². The molecule has 0 amide bonds. The number of nitrogens with two attached hydrogens (primary N) is 1. The van der Waals surface area contributed by atoms with Crippen molar-refractivity contribution in [1.82, 2.24) is 10.9 Å². The Labute approximate surface area is 89.6 Å². The van der Waals surface area contributed by atoms with E-state index in [0.29, 0.717) is 6.04 Å². The van der Waals surface area contributed by atoms with Gasteiger partial charge in [-0.2, -0.15) is 0 Å². The number of rotatable bonds is 1. The van der Waals surface area contributed by atoms with Gasteiger partial charge in [0.25, 0.3) is 0 Å². The second-order valence-electron chi connectivity index (χ2n) is 4.18. The van der Waals surface area contributed by atoms with E-state index in [9.17, 15) is 0 Å². The number of hydrazine groups is 1. The Morgan fingerprint density at radius 1 is 1.20 bits per heavy atom. The highest BCUT2D eigenvalue weighted by molar-refractivity contribution is 5.63. The number of piperidine rings is 1. The number of hydrogen-bond donors (Lipinski definition) is 3. The Morgan fingerprint density at radius 3 is 2.87 bits per heavy atom. The summed E-state index contributed by atoms with van der Waals surface area (Å²) in [4.78, 5) is 0. The van der Waals surface area contributed by atoms with Crippen LogP contribution in [0.5, 0.6) is 0 Å². The minimum atomic E-state index is 0.631. The van der Waals surface area contributed by atoms with Crippen LogP contribution in [0.25, 0.3) is 0 Å². The quantitative estimate of drug-likeness (QED) is 0.442.